The third kappa shape index (κ3) is 3.57. The van der Waals surface area contributed by atoms with Crippen LogP contribution in [-0.2, 0) is 6.42 Å². The maximum atomic E-state index is 11.0. The Morgan fingerprint density at radius 3 is 2.52 bits per heavy atom. The Balaban J connectivity index is 2.16. The molecule has 1 N–H and O–H groups in total. The van der Waals surface area contributed by atoms with Gasteiger partial charge in [0.2, 0.25) is 0 Å². The van der Waals surface area contributed by atoms with Crippen molar-refractivity contribution in [2.45, 2.75) is 19.4 Å². The number of hydrogen-bond acceptors (Lipinski definition) is 4. The lowest BCUT2D eigenvalue weighted by Crippen LogP contribution is -2.09. The van der Waals surface area contributed by atoms with Crippen molar-refractivity contribution in [1.29, 1.82) is 5.26 Å². The molecule has 0 aliphatic heterocycles. The predicted octanol–water partition coefficient (Wildman–Crippen LogP) is 3.83. The largest absolute Gasteiger partial charge is 0.378 e. The molecule has 21 heavy (non-hydrogen) atoms. The predicted molar refractivity (Wildman–Crippen MR) is 80.9 cm³/mol. The number of rotatable bonds is 5. The molecule has 106 valence electrons. The number of nitrogens with one attached hydrogen (secondary N) is 1. The van der Waals surface area contributed by atoms with Gasteiger partial charge in [0.15, 0.2) is 0 Å². The van der Waals surface area contributed by atoms with Crippen molar-refractivity contribution in [3.05, 3.63) is 69.8 Å². The van der Waals surface area contributed by atoms with Crippen LogP contribution in [0.1, 0.15) is 24.1 Å². The lowest BCUT2D eigenvalue weighted by Gasteiger charge is -2.16. The first-order chi connectivity index (χ1) is 10.1. The molecule has 0 radical (unpaired) electrons. The number of para-hydroxylation sites is 1. The fraction of sp³-hybridized carbons (Fsp3) is 0.188. The SMILES string of the molecule is CC(Nc1ccc(CC#N)cc1)c1ccccc1[N+](=O)[O-]. The lowest BCUT2D eigenvalue weighted by atomic mass is 10.1. The molecule has 5 nitrogen and oxygen atoms in total. The van der Waals surface area contributed by atoms with Crippen LogP contribution in [0.5, 0.6) is 0 Å². The summed E-state index contributed by atoms with van der Waals surface area (Å²) >= 11 is 0. The van der Waals surface area contributed by atoms with Gasteiger partial charge in [-0.1, -0.05) is 30.3 Å². The maximum absolute atomic E-state index is 11.0. The van der Waals surface area contributed by atoms with Gasteiger partial charge in [-0.3, -0.25) is 10.1 Å². The van der Waals surface area contributed by atoms with Crippen molar-refractivity contribution in [2.24, 2.45) is 0 Å². The van der Waals surface area contributed by atoms with E-state index in [1.165, 1.54) is 6.07 Å². The molecule has 1 atom stereocenters. The van der Waals surface area contributed by atoms with Crippen molar-refractivity contribution in [3.8, 4) is 6.07 Å². The average molecular weight is 281 g/mol. The van der Waals surface area contributed by atoms with Crippen LogP contribution in [-0.4, -0.2) is 4.92 Å². The van der Waals surface area contributed by atoms with Gasteiger partial charge in [0.1, 0.15) is 0 Å². The van der Waals surface area contributed by atoms with Gasteiger partial charge in [0, 0.05) is 11.8 Å². The van der Waals surface area contributed by atoms with E-state index in [0.717, 1.165) is 11.3 Å². The monoisotopic (exact) mass is 281 g/mol. The quantitative estimate of drug-likeness (QED) is 0.667. The van der Waals surface area contributed by atoms with Crippen LogP contribution >= 0.6 is 0 Å². The molecule has 2 rings (SSSR count). The summed E-state index contributed by atoms with van der Waals surface area (Å²) in [5, 5.41) is 22.9. The Hall–Kier alpha value is -2.87. The molecule has 0 spiro atoms. The van der Waals surface area contributed by atoms with Gasteiger partial charge in [-0.2, -0.15) is 5.26 Å². The second-order valence-electron chi connectivity index (χ2n) is 4.71. The Kier molecular flexibility index (Phi) is 4.52. The number of benzene rings is 2. The number of hydrogen-bond donors (Lipinski definition) is 1. The molecule has 0 aromatic heterocycles. The van der Waals surface area contributed by atoms with Crippen LogP contribution in [0.4, 0.5) is 11.4 Å². The zero-order valence-corrected chi connectivity index (χ0v) is 11.6. The molecule has 5 heteroatoms. The van der Waals surface area contributed by atoms with E-state index in [9.17, 15) is 10.1 Å². The molecule has 0 bridgehead atoms. The van der Waals surface area contributed by atoms with E-state index in [0.29, 0.717) is 12.0 Å². The molecule has 0 aliphatic carbocycles. The molecule has 0 saturated heterocycles. The molecule has 0 saturated carbocycles. The first-order valence-electron chi connectivity index (χ1n) is 6.57. The van der Waals surface area contributed by atoms with Crippen LogP contribution in [0, 0.1) is 21.4 Å². The molecule has 0 fully saturated rings. The van der Waals surface area contributed by atoms with Crippen LogP contribution in [0.25, 0.3) is 0 Å². The van der Waals surface area contributed by atoms with Gasteiger partial charge in [-0.05, 0) is 24.6 Å². The number of anilines is 1. The van der Waals surface area contributed by atoms with Gasteiger partial charge >= 0.3 is 0 Å². The molecule has 0 aliphatic rings. The van der Waals surface area contributed by atoms with Crippen LogP contribution in [0.15, 0.2) is 48.5 Å². The van der Waals surface area contributed by atoms with Crippen LogP contribution in [0.2, 0.25) is 0 Å². The van der Waals surface area contributed by atoms with Gasteiger partial charge < -0.3 is 5.32 Å². The molecule has 2 aromatic rings. The van der Waals surface area contributed by atoms with Crippen LogP contribution in [0.3, 0.4) is 0 Å². The fourth-order valence-corrected chi connectivity index (χ4v) is 2.16. The van der Waals surface area contributed by atoms with Crippen LogP contribution < -0.4 is 5.32 Å². The summed E-state index contributed by atoms with van der Waals surface area (Å²) in [5.41, 5.74) is 2.56. The minimum Gasteiger partial charge on any atom is -0.378 e. The van der Waals surface area contributed by atoms with Crippen molar-refractivity contribution in [3.63, 3.8) is 0 Å². The highest BCUT2D eigenvalue weighted by molar-refractivity contribution is 5.50. The minimum absolute atomic E-state index is 0.110. The summed E-state index contributed by atoms with van der Waals surface area (Å²) in [6.45, 7) is 1.88. The number of nitrogens with zero attached hydrogens (tertiary/aromatic N) is 2. The summed E-state index contributed by atoms with van der Waals surface area (Å²) < 4.78 is 0. The van der Waals surface area contributed by atoms with Gasteiger partial charge in [0.25, 0.3) is 5.69 Å². The maximum Gasteiger partial charge on any atom is 0.274 e. The summed E-state index contributed by atoms with van der Waals surface area (Å²) in [6, 6.07) is 16.1. The molecule has 0 amide bonds. The van der Waals surface area contributed by atoms with Gasteiger partial charge in [-0.25, -0.2) is 0 Å². The lowest BCUT2D eigenvalue weighted by molar-refractivity contribution is -0.385. The molecule has 1 unspecified atom stereocenters. The number of nitro benzene ring substituents is 1. The topological polar surface area (TPSA) is 79.0 Å². The van der Waals surface area contributed by atoms with E-state index in [2.05, 4.69) is 11.4 Å². The van der Waals surface area contributed by atoms with Crippen molar-refractivity contribution < 1.29 is 4.92 Å². The highest BCUT2D eigenvalue weighted by Crippen LogP contribution is 2.27. The summed E-state index contributed by atoms with van der Waals surface area (Å²) in [6.07, 6.45) is 0.375. The van der Waals surface area contributed by atoms with E-state index < -0.39 is 0 Å². The molecular formula is C16H15N3O2. The third-order valence-corrected chi connectivity index (χ3v) is 3.22. The van der Waals surface area contributed by atoms with Gasteiger partial charge in [0.05, 0.1) is 29.0 Å². The molecule has 0 heterocycles. The van der Waals surface area contributed by atoms with Gasteiger partial charge in [-0.15, -0.1) is 0 Å². The first-order valence-corrected chi connectivity index (χ1v) is 6.57. The first kappa shape index (κ1) is 14.5. The van der Waals surface area contributed by atoms with E-state index in [-0.39, 0.29) is 16.7 Å². The Morgan fingerprint density at radius 1 is 1.24 bits per heavy atom. The summed E-state index contributed by atoms with van der Waals surface area (Å²) in [5.74, 6) is 0. The molecular weight excluding hydrogens is 266 g/mol. The zero-order valence-electron chi connectivity index (χ0n) is 11.6. The highest BCUT2D eigenvalue weighted by Gasteiger charge is 2.17. The van der Waals surface area contributed by atoms with E-state index >= 15 is 0 Å². The second kappa shape index (κ2) is 6.53. The average Bonchev–Trinajstić information content (AvgIpc) is 2.49. The zero-order chi connectivity index (χ0) is 15.2. The second-order valence-corrected chi connectivity index (χ2v) is 4.71. The highest BCUT2D eigenvalue weighted by atomic mass is 16.6. The Labute approximate surface area is 123 Å². The summed E-state index contributed by atoms with van der Waals surface area (Å²) in [4.78, 5) is 10.7. The Morgan fingerprint density at radius 2 is 1.90 bits per heavy atom. The fourth-order valence-electron chi connectivity index (χ4n) is 2.16. The normalized spacial score (nSPS) is 11.4. The Bertz CT molecular complexity index is 675. The van der Waals surface area contributed by atoms with E-state index in [4.69, 9.17) is 5.26 Å². The number of nitro groups is 1. The smallest absolute Gasteiger partial charge is 0.274 e. The third-order valence-electron chi connectivity index (χ3n) is 3.22. The van der Waals surface area contributed by atoms with E-state index in [1.54, 1.807) is 18.2 Å². The number of nitriles is 1. The van der Waals surface area contributed by atoms with Crippen molar-refractivity contribution >= 4 is 11.4 Å². The van der Waals surface area contributed by atoms with Crippen molar-refractivity contribution in [1.82, 2.24) is 0 Å². The summed E-state index contributed by atoms with van der Waals surface area (Å²) in [7, 11) is 0. The molecule has 2 aromatic carbocycles. The standard InChI is InChI=1S/C16H15N3O2/c1-12(15-4-2-3-5-16(15)19(20)21)18-14-8-6-13(7-9-14)10-11-17/h2-9,12,18H,10H2,1H3. The minimum atomic E-state index is -0.371. The van der Waals surface area contributed by atoms with Crippen molar-refractivity contribution in [2.75, 3.05) is 5.32 Å². The van der Waals surface area contributed by atoms with E-state index in [1.807, 2.05) is 31.2 Å².